The molecule has 0 atom stereocenters. The molecule has 1 heterocycles. The molecule has 3 aromatic rings. The van der Waals surface area contributed by atoms with Crippen molar-refractivity contribution < 1.29 is 9.21 Å². The van der Waals surface area contributed by atoms with Gasteiger partial charge in [0.1, 0.15) is 0 Å². The van der Waals surface area contributed by atoms with E-state index in [9.17, 15) is 4.79 Å². The summed E-state index contributed by atoms with van der Waals surface area (Å²) in [6.07, 6.45) is 0.825. The Hall–Kier alpha value is -2.18. The highest BCUT2D eigenvalue weighted by Gasteiger charge is 2.19. The zero-order chi connectivity index (χ0) is 18.5. The summed E-state index contributed by atoms with van der Waals surface area (Å²) in [6.45, 7) is 2.86. The number of hydrogen-bond acceptors (Lipinski definition) is 4. The number of carbonyl (C=O) groups is 1. The average molecular weight is 435 g/mol. The molecule has 1 aromatic heterocycles. The van der Waals surface area contributed by atoms with Gasteiger partial charge in [-0.3, -0.25) is 4.79 Å². The third-order valence-electron chi connectivity index (χ3n) is 3.75. The van der Waals surface area contributed by atoms with E-state index in [1.807, 2.05) is 37.3 Å². The lowest BCUT2D eigenvalue weighted by Gasteiger charge is -2.20. The fraction of sp³-hybridized carbons (Fsp3) is 0.211. The lowest BCUT2D eigenvalue weighted by atomic mass is 10.2. The van der Waals surface area contributed by atoms with E-state index in [0.29, 0.717) is 34.5 Å². The Balaban J connectivity index is 1.81. The highest BCUT2D eigenvalue weighted by molar-refractivity contribution is 9.10. The summed E-state index contributed by atoms with van der Waals surface area (Å²) >= 11 is 9.57. The van der Waals surface area contributed by atoms with Crippen LogP contribution in [0.5, 0.6) is 0 Å². The molecule has 3 rings (SSSR count). The molecule has 134 valence electrons. The summed E-state index contributed by atoms with van der Waals surface area (Å²) < 4.78 is 6.59. The van der Waals surface area contributed by atoms with E-state index in [2.05, 4.69) is 26.1 Å². The minimum Gasteiger partial charge on any atom is -0.419 e. The molecule has 5 nitrogen and oxygen atoms in total. The molecule has 1 amide bonds. The fourth-order valence-electron chi connectivity index (χ4n) is 2.55. The van der Waals surface area contributed by atoms with Crippen molar-refractivity contribution in [3.8, 4) is 11.5 Å². The second-order valence-electron chi connectivity index (χ2n) is 5.72. The topological polar surface area (TPSA) is 59.2 Å². The van der Waals surface area contributed by atoms with Crippen LogP contribution in [0.3, 0.4) is 0 Å². The van der Waals surface area contributed by atoms with Crippen molar-refractivity contribution in [2.75, 3.05) is 6.54 Å². The van der Waals surface area contributed by atoms with Crippen molar-refractivity contribution in [1.82, 2.24) is 15.1 Å². The first-order valence-corrected chi connectivity index (χ1v) is 9.37. The van der Waals surface area contributed by atoms with Gasteiger partial charge in [-0.15, -0.1) is 10.2 Å². The Bertz CT molecular complexity index is 913. The standard InChI is InChI=1S/C19H17BrClN3O2/c1-2-10-24(19(25)13-6-5-7-14(20)11-13)12-17-22-23-18(26-17)15-8-3-4-9-16(15)21/h3-9,11H,2,10,12H2,1H3. The van der Waals surface area contributed by atoms with Gasteiger partial charge in [-0.05, 0) is 36.8 Å². The van der Waals surface area contributed by atoms with E-state index in [-0.39, 0.29) is 12.5 Å². The van der Waals surface area contributed by atoms with Crippen LogP contribution in [0, 0.1) is 0 Å². The molecule has 0 aliphatic rings. The molecule has 0 unspecified atom stereocenters. The van der Waals surface area contributed by atoms with Crippen LogP contribution >= 0.6 is 27.5 Å². The van der Waals surface area contributed by atoms with Crippen LogP contribution in [0.1, 0.15) is 29.6 Å². The molecule has 0 spiro atoms. The zero-order valence-electron chi connectivity index (χ0n) is 14.2. The van der Waals surface area contributed by atoms with Crippen molar-refractivity contribution in [3.63, 3.8) is 0 Å². The molecule has 0 N–H and O–H groups in total. The molecular formula is C19H17BrClN3O2. The Morgan fingerprint density at radius 2 is 2.00 bits per heavy atom. The molecule has 0 radical (unpaired) electrons. The summed E-state index contributed by atoms with van der Waals surface area (Å²) in [5, 5.41) is 8.67. The normalized spacial score (nSPS) is 10.7. The molecule has 0 fully saturated rings. The highest BCUT2D eigenvalue weighted by atomic mass is 79.9. The fourth-order valence-corrected chi connectivity index (χ4v) is 3.17. The van der Waals surface area contributed by atoms with Crippen LogP contribution in [0.4, 0.5) is 0 Å². The summed E-state index contributed by atoms with van der Waals surface area (Å²) in [5.41, 5.74) is 1.28. The van der Waals surface area contributed by atoms with Crippen molar-refractivity contribution >= 4 is 33.4 Å². The third-order valence-corrected chi connectivity index (χ3v) is 4.57. The molecule has 0 aliphatic carbocycles. The summed E-state index contributed by atoms with van der Waals surface area (Å²) in [7, 11) is 0. The van der Waals surface area contributed by atoms with Crippen LogP contribution in [-0.4, -0.2) is 27.5 Å². The lowest BCUT2D eigenvalue weighted by Crippen LogP contribution is -2.31. The number of benzene rings is 2. The average Bonchev–Trinajstić information content (AvgIpc) is 3.09. The quantitative estimate of drug-likeness (QED) is 0.535. The van der Waals surface area contributed by atoms with E-state index in [1.54, 1.807) is 23.1 Å². The number of rotatable bonds is 6. The van der Waals surface area contributed by atoms with Crippen molar-refractivity contribution in [1.29, 1.82) is 0 Å². The maximum absolute atomic E-state index is 12.8. The van der Waals surface area contributed by atoms with Crippen molar-refractivity contribution in [2.24, 2.45) is 0 Å². The monoisotopic (exact) mass is 433 g/mol. The zero-order valence-corrected chi connectivity index (χ0v) is 16.5. The summed E-state index contributed by atoms with van der Waals surface area (Å²) in [4.78, 5) is 14.5. The van der Waals surface area contributed by atoms with Crippen LogP contribution in [0.15, 0.2) is 57.4 Å². The molecule has 2 aromatic carbocycles. The van der Waals surface area contributed by atoms with Crippen LogP contribution in [-0.2, 0) is 6.54 Å². The summed E-state index contributed by atoms with van der Waals surface area (Å²) in [6, 6.07) is 14.6. The smallest absolute Gasteiger partial charge is 0.254 e. The number of amides is 1. The van der Waals surface area contributed by atoms with E-state index in [4.69, 9.17) is 16.0 Å². The molecular weight excluding hydrogens is 418 g/mol. The van der Waals surface area contributed by atoms with Gasteiger partial charge < -0.3 is 9.32 Å². The maximum atomic E-state index is 12.8. The van der Waals surface area contributed by atoms with Gasteiger partial charge in [0, 0.05) is 16.6 Å². The Morgan fingerprint density at radius 1 is 1.19 bits per heavy atom. The van der Waals surface area contributed by atoms with E-state index < -0.39 is 0 Å². The SMILES string of the molecule is CCCN(Cc1nnc(-c2ccccc2Cl)o1)C(=O)c1cccc(Br)c1. The number of hydrogen-bond donors (Lipinski definition) is 0. The minimum atomic E-state index is -0.0781. The summed E-state index contributed by atoms with van der Waals surface area (Å²) in [5.74, 6) is 0.638. The first-order chi connectivity index (χ1) is 12.6. The van der Waals surface area contributed by atoms with Gasteiger partial charge >= 0.3 is 0 Å². The number of aromatic nitrogens is 2. The Labute approximate surface area is 165 Å². The predicted molar refractivity (Wildman–Crippen MR) is 104 cm³/mol. The molecule has 0 saturated heterocycles. The molecule has 0 saturated carbocycles. The first-order valence-electron chi connectivity index (χ1n) is 8.20. The third kappa shape index (κ3) is 4.31. The van der Waals surface area contributed by atoms with Gasteiger partial charge in [0.2, 0.25) is 11.8 Å². The van der Waals surface area contributed by atoms with Crippen LogP contribution < -0.4 is 0 Å². The van der Waals surface area contributed by atoms with Gasteiger partial charge in [-0.25, -0.2) is 0 Å². The molecule has 26 heavy (non-hydrogen) atoms. The van der Waals surface area contributed by atoms with Gasteiger partial charge in [0.15, 0.2) is 0 Å². The highest BCUT2D eigenvalue weighted by Crippen LogP contribution is 2.26. The van der Waals surface area contributed by atoms with E-state index in [1.165, 1.54) is 0 Å². The van der Waals surface area contributed by atoms with Crippen LogP contribution in [0.2, 0.25) is 5.02 Å². The number of nitrogens with zero attached hydrogens (tertiary/aromatic N) is 3. The van der Waals surface area contributed by atoms with Crippen molar-refractivity contribution in [2.45, 2.75) is 19.9 Å². The van der Waals surface area contributed by atoms with Crippen molar-refractivity contribution in [3.05, 3.63) is 69.5 Å². The lowest BCUT2D eigenvalue weighted by molar-refractivity contribution is 0.0728. The molecule has 0 bridgehead atoms. The largest absolute Gasteiger partial charge is 0.419 e. The van der Waals surface area contributed by atoms with Gasteiger partial charge in [0.25, 0.3) is 5.91 Å². The number of carbonyl (C=O) groups excluding carboxylic acids is 1. The Morgan fingerprint density at radius 3 is 2.73 bits per heavy atom. The van der Waals surface area contributed by atoms with Gasteiger partial charge in [-0.1, -0.05) is 52.7 Å². The van der Waals surface area contributed by atoms with Gasteiger partial charge in [0.05, 0.1) is 17.1 Å². The van der Waals surface area contributed by atoms with E-state index in [0.717, 1.165) is 10.9 Å². The second kappa shape index (κ2) is 8.47. The Kier molecular flexibility index (Phi) is 6.06. The molecule has 7 heteroatoms. The predicted octanol–water partition coefficient (Wildman–Crippen LogP) is 5.20. The first kappa shape index (κ1) is 18.6. The minimum absolute atomic E-state index is 0.0781. The van der Waals surface area contributed by atoms with E-state index >= 15 is 0 Å². The molecule has 0 aliphatic heterocycles. The maximum Gasteiger partial charge on any atom is 0.254 e. The van der Waals surface area contributed by atoms with Crippen LogP contribution in [0.25, 0.3) is 11.5 Å². The van der Waals surface area contributed by atoms with Gasteiger partial charge in [-0.2, -0.15) is 0 Å². The second-order valence-corrected chi connectivity index (χ2v) is 7.04. The number of halogens is 2.